The molecule has 1 unspecified atom stereocenters. The zero-order valence-electron chi connectivity index (χ0n) is 8.87. The third kappa shape index (κ3) is 2.33. The first kappa shape index (κ1) is 12.1. The maximum atomic E-state index is 11.3. The van der Waals surface area contributed by atoms with E-state index >= 15 is 0 Å². The van der Waals surface area contributed by atoms with E-state index in [0.29, 0.717) is 11.0 Å². The monoisotopic (exact) mass is 274 g/mol. The van der Waals surface area contributed by atoms with Crippen molar-refractivity contribution < 1.29 is 17.2 Å². The van der Waals surface area contributed by atoms with Gasteiger partial charge in [-0.05, 0) is 24.1 Å². The van der Waals surface area contributed by atoms with Gasteiger partial charge in [0.2, 0.25) is 5.16 Å². The van der Waals surface area contributed by atoms with E-state index in [0.717, 1.165) is 6.26 Å². The molecule has 0 spiro atoms. The van der Waals surface area contributed by atoms with Crippen molar-refractivity contribution in [3.63, 3.8) is 0 Å². The van der Waals surface area contributed by atoms with E-state index in [-0.39, 0.29) is 10.1 Å². The predicted octanol–water partition coefficient (Wildman–Crippen LogP) is 0.515. The van der Waals surface area contributed by atoms with Gasteiger partial charge in [-0.15, -0.1) is 0 Å². The van der Waals surface area contributed by atoms with Crippen molar-refractivity contribution in [3.8, 4) is 0 Å². The molecule has 0 amide bonds. The van der Waals surface area contributed by atoms with Gasteiger partial charge in [0, 0.05) is 6.26 Å². The highest BCUT2D eigenvalue weighted by Crippen LogP contribution is 2.18. The first-order valence-corrected chi connectivity index (χ1v) is 8.05. The van der Waals surface area contributed by atoms with Crippen LogP contribution in [-0.4, -0.2) is 39.3 Å². The highest BCUT2D eigenvalue weighted by atomic mass is 32.2. The number of hydrogen-bond acceptors (Lipinski definition) is 4. The minimum Gasteiger partial charge on any atom is -0.329 e. The molecule has 0 bridgehead atoms. The van der Waals surface area contributed by atoms with E-state index in [9.17, 15) is 17.2 Å². The summed E-state index contributed by atoms with van der Waals surface area (Å²) in [6.45, 7) is 0. The lowest BCUT2D eigenvalue weighted by Gasteiger charge is -1.96. The van der Waals surface area contributed by atoms with Gasteiger partial charge >= 0.3 is 0 Å². The van der Waals surface area contributed by atoms with Gasteiger partial charge in [0.1, 0.15) is 9.80 Å². The molecule has 8 heteroatoms. The lowest BCUT2D eigenvalue weighted by Crippen LogP contribution is -1.99. The average molecular weight is 274 g/mol. The largest absolute Gasteiger partial charge is 0.329 e. The van der Waals surface area contributed by atoms with Crippen molar-refractivity contribution >= 4 is 36.5 Å². The summed E-state index contributed by atoms with van der Waals surface area (Å²) in [5, 5.41) is -0.168. The summed E-state index contributed by atoms with van der Waals surface area (Å²) in [6, 6.07) is 4.23. The summed E-state index contributed by atoms with van der Waals surface area (Å²) < 4.78 is 43.2. The van der Waals surface area contributed by atoms with Crippen LogP contribution in [0.4, 0.5) is 0 Å². The molecule has 0 saturated carbocycles. The van der Waals surface area contributed by atoms with Gasteiger partial charge in [-0.3, -0.25) is 0 Å². The fraction of sp³-hybridized carbons (Fsp3) is 0.111. The molecule has 1 heterocycles. The van der Waals surface area contributed by atoms with Crippen LogP contribution >= 0.6 is 0 Å². The van der Waals surface area contributed by atoms with Gasteiger partial charge in [-0.1, -0.05) is 0 Å². The number of benzene rings is 1. The fourth-order valence-electron chi connectivity index (χ4n) is 1.35. The van der Waals surface area contributed by atoms with Gasteiger partial charge in [0.15, 0.2) is 9.84 Å². The highest BCUT2D eigenvalue weighted by Gasteiger charge is 2.13. The van der Waals surface area contributed by atoms with Crippen LogP contribution in [-0.2, 0) is 19.6 Å². The van der Waals surface area contributed by atoms with E-state index in [1.165, 1.54) is 18.2 Å². The molecule has 1 aromatic carbocycles. The normalized spacial score (nSPS) is 15.9. The van der Waals surface area contributed by atoms with Gasteiger partial charge in [0.05, 0.1) is 15.9 Å². The average Bonchev–Trinajstić information content (AvgIpc) is 2.57. The zero-order valence-corrected chi connectivity index (χ0v) is 10.5. The van der Waals surface area contributed by atoms with Crippen molar-refractivity contribution in [1.82, 2.24) is 9.97 Å². The summed E-state index contributed by atoms with van der Waals surface area (Å²) >= 11 is 0. The second kappa shape index (κ2) is 3.56. The second-order valence-corrected chi connectivity index (χ2v) is 7.32. The maximum Gasteiger partial charge on any atom is 0.214 e. The molecule has 2 rings (SSSR count). The van der Waals surface area contributed by atoms with Crippen LogP contribution in [0.15, 0.2) is 28.3 Å². The fourth-order valence-corrected chi connectivity index (χ4v) is 2.50. The molecule has 6 nitrogen and oxygen atoms in total. The molecule has 1 aromatic heterocycles. The van der Waals surface area contributed by atoms with Crippen molar-refractivity contribution in [2.24, 2.45) is 0 Å². The third-order valence-electron chi connectivity index (χ3n) is 2.16. The van der Waals surface area contributed by atoms with Crippen LogP contribution in [0.1, 0.15) is 0 Å². The quantitative estimate of drug-likeness (QED) is 0.777. The van der Waals surface area contributed by atoms with Gasteiger partial charge in [-0.2, -0.15) is 0 Å². The van der Waals surface area contributed by atoms with E-state index in [1.807, 2.05) is 0 Å². The Labute approximate surface area is 98.4 Å². The van der Waals surface area contributed by atoms with Crippen LogP contribution in [0.25, 0.3) is 11.0 Å². The molecule has 17 heavy (non-hydrogen) atoms. The van der Waals surface area contributed by atoms with Crippen LogP contribution in [0, 0.1) is 0 Å². The molecule has 0 radical (unpaired) electrons. The van der Waals surface area contributed by atoms with Crippen molar-refractivity contribution in [2.75, 3.05) is 6.26 Å². The SMILES string of the molecule is C=S(=O)(O)c1nc2ccc(S(C)(=O)=O)cc2[nH]1. The molecule has 0 aliphatic heterocycles. The van der Waals surface area contributed by atoms with Crippen molar-refractivity contribution in [1.29, 1.82) is 0 Å². The van der Waals surface area contributed by atoms with E-state index in [2.05, 4.69) is 15.8 Å². The minimum atomic E-state index is -3.43. The number of aromatic nitrogens is 2. The molecule has 2 N–H and O–H groups in total. The minimum absolute atomic E-state index is 0.119. The summed E-state index contributed by atoms with van der Waals surface area (Å²) in [6.07, 6.45) is 1.09. The molecule has 1 atom stereocenters. The van der Waals surface area contributed by atoms with Crippen LogP contribution < -0.4 is 0 Å². The molecule has 0 saturated heterocycles. The molecule has 0 aliphatic rings. The van der Waals surface area contributed by atoms with Gasteiger partial charge < -0.3 is 9.54 Å². The third-order valence-corrected chi connectivity index (χ3v) is 4.07. The molecule has 92 valence electrons. The highest BCUT2D eigenvalue weighted by molar-refractivity contribution is 7.95. The smallest absolute Gasteiger partial charge is 0.214 e. The summed E-state index contributed by atoms with van der Waals surface area (Å²) in [4.78, 5) is 6.57. The molecule has 0 aliphatic carbocycles. The maximum absolute atomic E-state index is 11.3. The van der Waals surface area contributed by atoms with E-state index in [1.54, 1.807) is 0 Å². The summed E-state index contributed by atoms with van der Waals surface area (Å²) in [5.41, 5.74) is 0.797. The Morgan fingerprint density at radius 2 is 2.00 bits per heavy atom. The number of H-pyrrole nitrogens is 1. The summed E-state index contributed by atoms with van der Waals surface area (Å²) in [7, 11) is -6.75. The Hall–Kier alpha value is -1.38. The van der Waals surface area contributed by atoms with Crippen molar-refractivity contribution in [2.45, 2.75) is 10.1 Å². The van der Waals surface area contributed by atoms with E-state index in [4.69, 9.17) is 0 Å². The number of nitrogens with one attached hydrogen (secondary N) is 1. The standard InChI is InChI=1S/C9H10N2O4S2/c1-16(12,13)6-3-4-7-8(5-6)11-9(10-7)17(2,14)15/h3-5H,2H2,1H3,(H,10,11)(H,14,15). The van der Waals surface area contributed by atoms with E-state index < -0.39 is 19.6 Å². The molecular weight excluding hydrogens is 264 g/mol. The summed E-state index contributed by atoms with van der Waals surface area (Å²) in [5.74, 6) is 3.08. The second-order valence-electron chi connectivity index (χ2n) is 3.63. The van der Waals surface area contributed by atoms with Crippen LogP contribution in [0.5, 0.6) is 0 Å². The van der Waals surface area contributed by atoms with Crippen molar-refractivity contribution in [3.05, 3.63) is 18.2 Å². The molecule has 0 fully saturated rings. The Morgan fingerprint density at radius 1 is 1.35 bits per heavy atom. The lowest BCUT2D eigenvalue weighted by molar-refractivity contribution is 0.553. The number of sulfone groups is 1. The Bertz CT molecular complexity index is 758. The predicted molar refractivity (Wildman–Crippen MR) is 65.4 cm³/mol. The topological polar surface area (TPSA) is 100 Å². The lowest BCUT2D eigenvalue weighted by atomic mass is 10.3. The Morgan fingerprint density at radius 3 is 2.53 bits per heavy atom. The van der Waals surface area contributed by atoms with Gasteiger partial charge in [-0.25, -0.2) is 17.6 Å². The molecule has 2 aromatic rings. The van der Waals surface area contributed by atoms with Crippen LogP contribution in [0.2, 0.25) is 0 Å². The Balaban J connectivity index is 2.73. The first-order chi connectivity index (χ1) is 7.68. The number of aromatic amines is 1. The number of imidazole rings is 1. The number of rotatable bonds is 2. The molecular formula is C9H10N2O4S2. The van der Waals surface area contributed by atoms with Gasteiger partial charge in [0.25, 0.3) is 0 Å². The number of fused-ring (bicyclic) bond motifs is 1. The Kier molecular flexibility index (Phi) is 2.53. The number of hydrogen-bond donors (Lipinski definition) is 2. The zero-order chi connectivity index (χ0) is 12.8. The van der Waals surface area contributed by atoms with Crippen LogP contribution in [0.3, 0.4) is 0 Å². The number of nitrogens with zero attached hydrogens (tertiary/aromatic N) is 1. The first-order valence-electron chi connectivity index (χ1n) is 4.47.